The number of carboxylic acid groups (broad SMARTS) is 1. The lowest BCUT2D eigenvalue weighted by molar-refractivity contribution is -0.137. The van der Waals surface area contributed by atoms with Gasteiger partial charge in [0.05, 0.1) is 13.2 Å². The molecule has 0 aromatic rings. The molecule has 2 amide bonds. The Morgan fingerprint density at radius 1 is 1.26 bits per heavy atom. The average molecular weight is 276 g/mol. The van der Waals surface area contributed by atoms with Gasteiger partial charge < -0.3 is 24.8 Å². The van der Waals surface area contributed by atoms with Crippen molar-refractivity contribution in [3.8, 4) is 0 Å². The molecule has 0 aliphatic heterocycles. The zero-order valence-electron chi connectivity index (χ0n) is 11.7. The Hall–Kier alpha value is -1.34. The number of hydrogen-bond acceptors (Lipinski definition) is 4. The maximum Gasteiger partial charge on any atom is 0.323 e. The third-order valence-corrected chi connectivity index (χ3v) is 2.34. The van der Waals surface area contributed by atoms with E-state index in [1.807, 2.05) is 0 Å². The number of amides is 2. The molecule has 0 heterocycles. The van der Waals surface area contributed by atoms with Crippen molar-refractivity contribution in [2.75, 3.05) is 46.6 Å². The standard InChI is InChI=1S/C12H24N2O5/c1-3-4-7-19-8-5-13-12(17)14(6-9-18-2)10-11(15)16/h3-10H2,1-2H3,(H,13,17)(H,15,16). The fraction of sp³-hybridized carbons (Fsp3) is 0.833. The van der Waals surface area contributed by atoms with Crippen molar-refractivity contribution in [1.29, 1.82) is 0 Å². The quantitative estimate of drug-likeness (QED) is 0.538. The van der Waals surface area contributed by atoms with E-state index < -0.39 is 12.0 Å². The molecule has 2 N–H and O–H groups in total. The molecule has 19 heavy (non-hydrogen) atoms. The van der Waals surface area contributed by atoms with Gasteiger partial charge in [0.1, 0.15) is 6.54 Å². The van der Waals surface area contributed by atoms with Crippen LogP contribution in [0.4, 0.5) is 4.79 Å². The van der Waals surface area contributed by atoms with Gasteiger partial charge in [-0.1, -0.05) is 13.3 Å². The lowest BCUT2D eigenvalue weighted by atomic mass is 10.4. The van der Waals surface area contributed by atoms with Crippen LogP contribution in [0.3, 0.4) is 0 Å². The van der Waals surface area contributed by atoms with Crippen molar-refractivity contribution in [2.24, 2.45) is 0 Å². The number of carbonyl (C=O) groups excluding carboxylic acids is 1. The van der Waals surface area contributed by atoms with Crippen molar-refractivity contribution in [1.82, 2.24) is 10.2 Å². The van der Waals surface area contributed by atoms with Gasteiger partial charge in [0.25, 0.3) is 0 Å². The second-order valence-electron chi connectivity index (χ2n) is 4.01. The largest absolute Gasteiger partial charge is 0.480 e. The highest BCUT2D eigenvalue weighted by atomic mass is 16.5. The minimum Gasteiger partial charge on any atom is -0.480 e. The zero-order valence-corrected chi connectivity index (χ0v) is 11.7. The predicted molar refractivity (Wildman–Crippen MR) is 70.2 cm³/mol. The number of carboxylic acids is 1. The molecule has 0 fully saturated rings. The summed E-state index contributed by atoms with van der Waals surface area (Å²) in [6.07, 6.45) is 2.06. The Balaban J connectivity index is 3.86. The van der Waals surface area contributed by atoms with Crippen LogP contribution in [-0.4, -0.2) is 68.6 Å². The second-order valence-corrected chi connectivity index (χ2v) is 4.01. The van der Waals surface area contributed by atoms with Crippen LogP contribution in [0.2, 0.25) is 0 Å². The summed E-state index contributed by atoms with van der Waals surface area (Å²) in [5, 5.41) is 11.3. The first-order chi connectivity index (χ1) is 9.11. The number of hydrogen-bond donors (Lipinski definition) is 2. The summed E-state index contributed by atoms with van der Waals surface area (Å²) < 4.78 is 10.1. The highest BCUT2D eigenvalue weighted by molar-refractivity contribution is 5.80. The monoisotopic (exact) mass is 276 g/mol. The maximum absolute atomic E-state index is 11.7. The Bertz CT molecular complexity index is 261. The van der Waals surface area contributed by atoms with Crippen molar-refractivity contribution < 1.29 is 24.2 Å². The van der Waals surface area contributed by atoms with Crippen molar-refractivity contribution in [2.45, 2.75) is 19.8 Å². The summed E-state index contributed by atoms with van der Waals surface area (Å²) in [6.45, 7) is 3.74. The van der Waals surface area contributed by atoms with Crippen molar-refractivity contribution in [3.63, 3.8) is 0 Å². The summed E-state index contributed by atoms with van der Waals surface area (Å²) in [7, 11) is 1.50. The van der Waals surface area contributed by atoms with Gasteiger partial charge in [-0.15, -0.1) is 0 Å². The molecule has 0 spiro atoms. The molecule has 0 aliphatic carbocycles. The number of nitrogens with one attached hydrogen (secondary N) is 1. The molecule has 0 saturated carbocycles. The van der Waals surface area contributed by atoms with Gasteiger partial charge in [-0.05, 0) is 6.42 Å². The van der Waals surface area contributed by atoms with Crippen LogP contribution in [0, 0.1) is 0 Å². The number of carbonyl (C=O) groups is 2. The molecule has 7 heteroatoms. The Morgan fingerprint density at radius 2 is 2.00 bits per heavy atom. The fourth-order valence-corrected chi connectivity index (χ4v) is 1.31. The summed E-state index contributed by atoms with van der Waals surface area (Å²) in [6, 6.07) is -0.418. The van der Waals surface area contributed by atoms with E-state index in [2.05, 4.69) is 12.2 Å². The number of urea groups is 1. The van der Waals surface area contributed by atoms with Crippen LogP contribution in [0.1, 0.15) is 19.8 Å². The highest BCUT2D eigenvalue weighted by Gasteiger charge is 2.15. The van der Waals surface area contributed by atoms with Gasteiger partial charge in [-0.2, -0.15) is 0 Å². The Morgan fingerprint density at radius 3 is 2.58 bits per heavy atom. The predicted octanol–water partition coefficient (Wildman–Crippen LogP) is 0.546. The smallest absolute Gasteiger partial charge is 0.323 e. The SMILES string of the molecule is CCCCOCCNC(=O)N(CCOC)CC(=O)O. The van der Waals surface area contributed by atoms with Gasteiger partial charge in [0.15, 0.2) is 0 Å². The molecular weight excluding hydrogens is 252 g/mol. The molecule has 0 aromatic heterocycles. The Kier molecular flexibility index (Phi) is 10.9. The molecule has 0 rings (SSSR count). The third-order valence-electron chi connectivity index (χ3n) is 2.34. The summed E-state index contributed by atoms with van der Waals surface area (Å²) >= 11 is 0. The molecule has 0 bridgehead atoms. The van der Waals surface area contributed by atoms with Gasteiger partial charge in [-0.3, -0.25) is 4.79 Å². The van der Waals surface area contributed by atoms with E-state index >= 15 is 0 Å². The summed E-state index contributed by atoms with van der Waals surface area (Å²) in [5.41, 5.74) is 0. The van der Waals surface area contributed by atoms with Gasteiger partial charge in [0.2, 0.25) is 0 Å². The van der Waals surface area contributed by atoms with Gasteiger partial charge in [-0.25, -0.2) is 4.79 Å². The van der Waals surface area contributed by atoms with Gasteiger partial charge >= 0.3 is 12.0 Å². The molecule has 0 radical (unpaired) electrons. The second kappa shape index (κ2) is 11.7. The molecule has 0 aliphatic rings. The number of ether oxygens (including phenoxy) is 2. The van der Waals surface area contributed by atoms with Crippen LogP contribution >= 0.6 is 0 Å². The average Bonchev–Trinajstić information content (AvgIpc) is 2.37. The van der Waals surface area contributed by atoms with Crippen molar-refractivity contribution in [3.05, 3.63) is 0 Å². The molecule has 0 saturated heterocycles. The zero-order chi connectivity index (χ0) is 14.5. The molecule has 7 nitrogen and oxygen atoms in total. The summed E-state index contributed by atoms with van der Waals surface area (Å²) in [4.78, 5) is 23.5. The lowest BCUT2D eigenvalue weighted by Gasteiger charge is -2.20. The third kappa shape index (κ3) is 10.3. The molecule has 0 unspecified atom stereocenters. The van der Waals surface area contributed by atoms with Crippen LogP contribution in [0.5, 0.6) is 0 Å². The molecule has 0 atom stereocenters. The van der Waals surface area contributed by atoms with Crippen LogP contribution in [-0.2, 0) is 14.3 Å². The van der Waals surface area contributed by atoms with E-state index in [9.17, 15) is 9.59 Å². The van der Waals surface area contributed by atoms with Crippen LogP contribution < -0.4 is 5.32 Å². The molecule has 0 aromatic carbocycles. The number of methoxy groups -OCH3 is 1. The highest BCUT2D eigenvalue weighted by Crippen LogP contribution is 1.91. The number of nitrogens with zero attached hydrogens (tertiary/aromatic N) is 1. The topological polar surface area (TPSA) is 88.1 Å². The lowest BCUT2D eigenvalue weighted by Crippen LogP contribution is -2.45. The number of rotatable bonds is 11. The number of aliphatic carboxylic acids is 1. The molecule has 112 valence electrons. The van der Waals surface area contributed by atoms with Crippen LogP contribution in [0.25, 0.3) is 0 Å². The van der Waals surface area contributed by atoms with E-state index in [-0.39, 0.29) is 13.1 Å². The summed E-state index contributed by atoms with van der Waals surface area (Å²) in [5.74, 6) is -1.05. The van der Waals surface area contributed by atoms with E-state index in [1.54, 1.807) is 0 Å². The van der Waals surface area contributed by atoms with Crippen molar-refractivity contribution >= 4 is 12.0 Å². The van der Waals surface area contributed by atoms with E-state index in [0.717, 1.165) is 12.8 Å². The minimum absolute atomic E-state index is 0.241. The minimum atomic E-state index is -1.05. The fourth-order valence-electron chi connectivity index (χ4n) is 1.31. The Labute approximate surface area is 113 Å². The molecular formula is C12H24N2O5. The van der Waals surface area contributed by atoms with E-state index in [1.165, 1.54) is 12.0 Å². The first kappa shape index (κ1) is 17.7. The normalized spacial score (nSPS) is 10.2. The van der Waals surface area contributed by atoms with E-state index in [4.69, 9.17) is 14.6 Å². The van der Waals surface area contributed by atoms with Crippen LogP contribution in [0.15, 0.2) is 0 Å². The number of unbranched alkanes of at least 4 members (excludes halogenated alkanes) is 1. The first-order valence-corrected chi connectivity index (χ1v) is 6.43. The van der Waals surface area contributed by atoms with Gasteiger partial charge in [0, 0.05) is 26.8 Å². The first-order valence-electron chi connectivity index (χ1n) is 6.43. The maximum atomic E-state index is 11.7. The van der Waals surface area contributed by atoms with E-state index in [0.29, 0.717) is 26.4 Å².